The van der Waals surface area contributed by atoms with Crippen LogP contribution < -0.4 is 10.6 Å². The first-order valence-corrected chi connectivity index (χ1v) is 7.49. The molecule has 0 saturated heterocycles. The minimum Gasteiger partial charge on any atom is -0.384 e. The number of hydrogen-bond donors (Lipinski definition) is 2. The third-order valence-electron chi connectivity index (χ3n) is 4.45. The van der Waals surface area contributed by atoms with Crippen LogP contribution in [0.4, 0.5) is 5.69 Å². The summed E-state index contributed by atoms with van der Waals surface area (Å²) in [5.74, 6) is 0.657. The first-order valence-electron chi connectivity index (χ1n) is 7.49. The van der Waals surface area contributed by atoms with Crippen molar-refractivity contribution in [2.75, 3.05) is 18.4 Å². The molecule has 0 amide bonds. The van der Waals surface area contributed by atoms with E-state index in [1.807, 2.05) is 0 Å². The van der Waals surface area contributed by atoms with E-state index >= 15 is 0 Å². The molecule has 98 valence electrons. The van der Waals surface area contributed by atoms with Gasteiger partial charge in [0.05, 0.1) is 0 Å². The van der Waals surface area contributed by atoms with Crippen LogP contribution in [0.2, 0.25) is 0 Å². The third kappa shape index (κ3) is 2.69. The second kappa shape index (κ2) is 5.75. The van der Waals surface area contributed by atoms with Gasteiger partial charge in [-0.05, 0) is 24.5 Å². The van der Waals surface area contributed by atoms with Crippen LogP contribution in [0.5, 0.6) is 0 Å². The molecule has 1 fully saturated rings. The maximum absolute atomic E-state index is 3.80. The second-order valence-electron chi connectivity index (χ2n) is 5.76. The fourth-order valence-electron chi connectivity index (χ4n) is 3.33. The van der Waals surface area contributed by atoms with Gasteiger partial charge in [0.25, 0.3) is 0 Å². The van der Waals surface area contributed by atoms with Gasteiger partial charge in [-0.15, -0.1) is 0 Å². The fourth-order valence-corrected chi connectivity index (χ4v) is 3.33. The van der Waals surface area contributed by atoms with Gasteiger partial charge in [0.15, 0.2) is 0 Å². The van der Waals surface area contributed by atoms with Crippen LogP contribution in [0.15, 0.2) is 24.3 Å². The Balaban J connectivity index is 1.55. The van der Waals surface area contributed by atoms with E-state index in [9.17, 15) is 0 Å². The maximum Gasteiger partial charge on any atom is 0.0376 e. The Morgan fingerprint density at radius 3 is 2.67 bits per heavy atom. The average molecular weight is 244 g/mol. The average Bonchev–Trinajstić information content (AvgIpc) is 2.64. The number of nitrogens with one attached hydrogen (secondary N) is 2. The number of rotatable bonds is 3. The number of anilines is 1. The molecule has 0 radical (unpaired) electrons. The predicted molar refractivity (Wildman–Crippen MR) is 77.2 cm³/mol. The van der Waals surface area contributed by atoms with Gasteiger partial charge in [-0.1, -0.05) is 43.9 Å². The van der Waals surface area contributed by atoms with Gasteiger partial charge in [-0.2, -0.15) is 0 Å². The van der Waals surface area contributed by atoms with Gasteiger partial charge in [0, 0.05) is 30.7 Å². The zero-order valence-corrected chi connectivity index (χ0v) is 11.1. The van der Waals surface area contributed by atoms with Crippen molar-refractivity contribution >= 4 is 5.69 Å². The summed E-state index contributed by atoms with van der Waals surface area (Å²) in [6, 6.07) is 9.51. The normalized spacial score (nSPS) is 24.3. The minimum atomic E-state index is 0.657. The van der Waals surface area contributed by atoms with Crippen LogP contribution in [0, 0.1) is 0 Å². The molecule has 2 N–H and O–H groups in total. The van der Waals surface area contributed by atoms with E-state index in [0.29, 0.717) is 5.92 Å². The van der Waals surface area contributed by atoms with Crippen molar-refractivity contribution in [2.24, 2.45) is 0 Å². The lowest BCUT2D eigenvalue weighted by Crippen LogP contribution is -2.32. The topological polar surface area (TPSA) is 24.1 Å². The number of benzene rings is 1. The van der Waals surface area contributed by atoms with Crippen molar-refractivity contribution in [1.82, 2.24) is 5.32 Å². The van der Waals surface area contributed by atoms with Gasteiger partial charge < -0.3 is 10.6 Å². The van der Waals surface area contributed by atoms with Gasteiger partial charge in [0.1, 0.15) is 0 Å². The monoisotopic (exact) mass is 244 g/mol. The van der Waals surface area contributed by atoms with Crippen molar-refractivity contribution in [3.63, 3.8) is 0 Å². The summed E-state index contributed by atoms with van der Waals surface area (Å²) in [5, 5.41) is 7.31. The highest BCUT2D eigenvalue weighted by Crippen LogP contribution is 2.30. The summed E-state index contributed by atoms with van der Waals surface area (Å²) in [6.45, 7) is 2.23. The first kappa shape index (κ1) is 12.0. The van der Waals surface area contributed by atoms with Gasteiger partial charge in [-0.3, -0.25) is 0 Å². The SMILES string of the molecule is c1ccc2c(c1)NCC2CNC1CCCCCC1. The van der Waals surface area contributed by atoms with Crippen molar-refractivity contribution < 1.29 is 0 Å². The summed E-state index contributed by atoms with van der Waals surface area (Å²) in [4.78, 5) is 0. The van der Waals surface area contributed by atoms with E-state index in [-0.39, 0.29) is 0 Å². The summed E-state index contributed by atoms with van der Waals surface area (Å²) in [5.41, 5.74) is 2.84. The molecule has 2 aliphatic rings. The summed E-state index contributed by atoms with van der Waals surface area (Å²) in [6.07, 6.45) is 8.45. The van der Waals surface area contributed by atoms with Crippen molar-refractivity contribution in [1.29, 1.82) is 0 Å². The maximum atomic E-state index is 3.80. The Labute approximate surface area is 110 Å². The molecule has 1 unspecified atom stereocenters. The molecular weight excluding hydrogens is 220 g/mol. The van der Waals surface area contributed by atoms with Crippen molar-refractivity contribution in [2.45, 2.75) is 50.5 Å². The zero-order chi connectivity index (χ0) is 12.2. The number of hydrogen-bond acceptors (Lipinski definition) is 2. The molecular formula is C16H24N2. The Hall–Kier alpha value is -1.02. The molecule has 1 aromatic carbocycles. The molecule has 3 rings (SSSR count). The van der Waals surface area contributed by atoms with E-state index in [0.717, 1.165) is 19.1 Å². The highest BCUT2D eigenvalue weighted by Gasteiger charge is 2.22. The quantitative estimate of drug-likeness (QED) is 0.795. The molecule has 1 aliphatic heterocycles. The van der Waals surface area contributed by atoms with Crippen LogP contribution in [-0.2, 0) is 0 Å². The molecule has 2 nitrogen and oxygen atoms in total. The highest BCUT2D eigenvalue weighted by atomic mass is 15.0. The van der Waals surface area contributed by atoms with Crippen molar-refractivity contribution in [3.05, 3.63) is 29.8 Å². The van der Waals surface area contributed by atoms with Crippen LogP contribution in [-0.4, -0.2) is 19.1 Å². The third-order valence-corrected chi connectivity index (χ3v) is 4.45. The van der Waals surface area contributed by atoms with E-state index in [4.69, 9.17) is 0 Å². The lowest BCUT2D eigenvalue weighted by Gasteiger charge is -2.19. The molecule has 0 spiro atoms. The molecule has 1 aromatic rings. The number of fused-ring (bicyclic) bond motifs is 1. The van der Waals surface area contributed by atoms with Gasteiger partial charge in [0.2, 0.25) is 0 Å². The second-order valence-corrected chi connectivity index (χ2v) is 5.76. The van der Waals surface area contributed by atoms with E-state index < -0.39 is 0 Å². The standard InChI is InChI=1S/C16H24N2/c1-2-4-8-14(7-3-1)17-11-13-12-18-16-10-6-5-9-15(13)16/h5-6,9-10,13-14,17-18H,1-4,7-8,11-12H2. The number of para-hydroxylation sites is 1. The smallest absolute Gasteiger partial charge is 0.0376 e. The summed E-state index contributed by atoms with van der Waals surface area (Å²) in [7, 11) is 0. The zero-order valence-electron chi connectivity index (χ0n) is 11.1. The Bertz CT molecular complexity index is 380. The van der Waals surface area contributed by atoms with Crippen molar-refractivity contribution in [3.8, 4) is 0 Å². The van der Waals surface area contributed by atoms with Crippen LogP contribution in [0.3, 0.4) is 0 Å². The molecule has 1 heterocycles. The Kier molecular flexibility index (Phi) is 3.84. The fraction of sp³-hybridized carbons (Fsp3) is 0.625. The molecule has 1 saturated carbocycles. The molecule has 0 aromatic heterocycles. The van der Waals surface area contributed by atoms with Crippen LogP contribution >= 0.6 is 0 Å². The Morgan fingerprint density at radius 2 is 1.83 bits per heavy atom. The molecule has 18 heavy (non-hydrogen) atoms. The summed E-state index contributed by atoms with van der Waals surface area (Å²) < 4.78 is 0. The molecule has 1 atom stereocenters. The van der Waals surface area contributed by atoms with Crippen LogP contribution in [0.25, 0.3) is 0 Å². The van der Waals surface area contributed by atoms with Gasteiger partial charge in [-0.25, -0.2) is 0 Å². The van der Waals surface area contributed by atoms with Gasteiger partial charge >= 0.3 is 0 Å². The van der Waals surface area contributed by atoms with E-state index in [1.54, 1.807) is 0 Å². The predicted octanol–water partition coefficient (Wildman–Crippen LogP) is 3.51. The Morgan fingerprint density at radius 1 is 1.06 bits per heavy atom. The first-order chi connectivity index (χ1) is 8.93. The molecule has 2 heteroatoms. The largest absolute Gasteiger partial charge is 0.384 e. The molecule has 1 aliphatic carbocycles. The molecule has 0 bridgehead atoms. The summed E-state index contributed by atoms with van der Waals surface area (Å²) >= 11 is 0. The lowest BCUT2D eigenvalue weighted by atomic mass is 10.0. The van der Waals surface area contributed by atoms with Crippen LogP contribution in [0.1, 0.15) is 50.0 Å². The minimum absolute atomic E-state index is 0.657. The van der Waals surface area contributed by atoms with E-state index in [1.165, 1.54) is 49.8 Å². The lowest BCUT2D eigenvalue weighted by molar-refractivity contribution is 0.445. The highest BCUT2D eigenvalue weighted by molar-refractivity contribution is 5.57. The van der Waals surface area contributed by atoms with E-state index in [2.05, 4.69) is 34.9 Å².